The fourth-order valence-corrected chi connectivity index (χ4v) is 3.28. The maximum Gasteiger partial charge on any atom is 0.332 e. The average Bonchev–Trinajstić information content (AvgIpc) is 2.91. The molecule has 8 heteroatoms. The smallest absolute Gasteiger partial charge is 0.308 e. The maximum absolute atomic E-state index is 13.0. The standard InChI is InChI=1S/C19H18BrN3O4/c20-14-8-6-13(7-9-14)12-22-16(10-11-17(24)21-27)18(25)23(19(22)26)15-4-2-1-3-5-15/h1-9,16,27H,10-12H2,(H,21,24). The summed E-state index contributed by atoms with van der Waals surface area (Å²) >= 11 is 3.37. The van der Waals surface area contributed by atoms with Crippen LogP contribution in [-0.4, -0.2) is 34.0 Å². The van der Waals surface area contributed by atoms with Crippen LogP contribution >= 0.6 is 15.9 Å². The molecule has 0 bridgehead atoms. The van der Waals surface area contributed by atoms with E-state index in [1.807, 2.05) is 24.3 Å². The number of para-hydroxylation sites is 1. The third-order valence-corrected chi connectivity index (χ3v) is 4.90. The van der Waals surface area contributed by atoms with Crippen LogP contribution in [-0.2, 0) is 16.1 Å². The highest BCUT2D eigenvalue weighted by atomic mass is 79.9. The van der Waals surface area contributed by atoms with Crippen molar-refractivity contribution in [3.05, 3.63) is 64.6 Å². The van der Waals surface area contributed by atoms with Gasteiger partial charge in [0.15, 0.2) is 0 Å². The zero-order valence-electron chi connectivity index (χ0n) is 14.3. The summed E-state index contributed by atoms with van der Waals surface area (Å²) in [5.41, 5.74) is 2.91. The molecule has 0 saturated carbocycles. The Bertz CT molecular complexity index is 842. The highest BCUT2D eigenvalue weighted by molar-refractivity contribution is 9.10. The van der Waals surface area contributed by atoms with Gasteiger partial charge in [-0.2, -0.15) is 0 Å². The Morgan fingerprint density at radius 1 is 1.07 bits per heavy atom. The minimum Gasteiger partial charge on any atom is -0.308 e. The van der Waals surface area contributed by atoms with Crippen molar-refractivity contribution in [2.24, 2.45) is 0 Å². The largest absolute Gasteiger partial charge is 0.332 e. The third kappa shape index (κ3) is 4.17. The van der Waals surface area contributed by atoms with Gasteiger partial charge >= 0.3 is 6.03 Å². The van der Waals surface area contributed by atoms with Crippen molar-refractivity contribution < 1.29 is 19.6 Å². The van der Waals surface area contributed by atoms with E-state index in [0.717, 1.165) is 14.9 Å². The van der Waals surface area contributed by atoms with Crippen molar-refractivity contribution >= 4 is 39.5 Å². The molecule has 1 unspecified atom stereocenters. The van der Waals surface area contributed by atoms with Crippen LogP contribution < -0.4 is 10.4 Å². The molecule has 2 aromatic rings. The van der Waals surface area contributed by atoms with E-state index in [1.165, 1.54) is 4.90 Å². The van der Waals surface area contributed by atoms with Gasteiger partial charge in [0, 0.05) is 17.4 Å². The predicted molar refractivity (Wildman–Crippen MR) is 102 cm³/mol. The summed E-state index contributed by atoms with van der Waals surface area (Å²) in [6, 6.07) is 14.9. The number of hydroxylamine groups is 1. The summed E-state index contributed by atoms with van der Waals surface area (Å²) in [5, 5.41) is 8.70. The Balaban J connectivity index is 1.88. The Kier molecular flexibility index (Phi) is 5.88. The number of halogens is 1. The SMILES string of the molecule is O=C(CCC1C(=O)N(c2ccccc2)C(=O)N1Cc1ccc(Br)cc1)NO. The molecule has 3 rings (SSSR count). The molecule has 0 aliphatic carbocycles. The van der Waals surface area contributed by atoms with Gasteiger partial charge in [-0.25, -0.2) is 15.2 Å². The van der Waals surface area contributed by atoms with Crippen molar-refractivity contribution in [3.8, 4) is 0 Å². The van der Waals surface area contributed by atoms with Gasteiger partial charge in [-0.15, -0.1) is 0 Å². The molecule has 1 heterocycles. The molecule has 1 fully saturated rings. The van der Waals surface area contributed by atoms with E-state index < -0.39 is 18.0 Å². The molecule has 4 amide bonds. The van der Waals surface area contributed by atoms with E-state index in [4.69, 9.17) is 5.21 Å². The van der Waals surface area contributed by atoms with Crippen molar-refractivity contribution in [3.63, 3.8) is 0 Å². The molecular weight excluding hydrogens is 414 g/mol. The van der Waals surface area contributed by atoms with Crippen molar-refractivity contribution in [2.75, 3.05) is 4.90 Å². The first-order valence-electron chi connectivity index (χ1n) is 8.38. The molecule has 7 nitrogen and oxygen atoms in total. The van der Waals surface area contributed by atoms with Crippen LogP contribution in [0.25, 0.3) is 0 Å². The molecule has 1 saturated heterocycles. The van der Waals surface area contributed by atoms with Crippen LogP contribution in [0.5, 0.6) is 0 Å². The molecule has 140 valence electrons. The Labute approximate surface area is 164 Å². The van der Waals surface area contributed by atoms with E-state index in [-0.39, 0.29) is 25.3 Å². The van der Waals surface area contributed by atoms with E-state index in [1.54, 1.807) is 35.8 Å². The molecular formula is C19H18BrN3O4. The lowest BCUT2D eigenvalue weighted by Crippen LogP contribution is -2.35. The molecule has 1 atom stereocenters. The topological polar surface area (TPSA) is 90.0 Å². The second-order valence-corrected chi connectivity index (χ2v) is 7.05. The molecule has 2 aromatic carbocycles. The monoisotopic (exact) mass is 431 g/mol. The number of imide groups is 1. The predicted octanol–water partition coefficient (Wildman–Crippen LogP) is 3.07. The van der Waals surface area contributed by atoms with Crippen molar-refractivity contribution in [1.82, 2.24) is 10.4 Å². The highest BCUT2D eigenvalue weighted by Gasteiger charge is 2.45. The van der Waals surface area contributed by atoms with Crippen LogP contribution in [0.4, 0.5) is 10.5 Å². The third-order valence-electron chi connectivity index (χ3n) is 4.37. The first kappa shape index (κ1) is 19.1. The number of anilines is 1. The normalized spacial score (nSPS) is 16.7. The highest BCUT2D eigenvalue weighted by Crippen LogP contribution is 2.29. The number of amides is 4. The van der Waals surface area contributed by atoms with Crippen molar-refractivity contribution in [2.45, 2.75) is 25.4 Å². The van der Waals surface area contributed by atoms with Gasteiger partial charge in [-0.3, -0.25) is 14.8 Å². The van der Waals surface area contributed by atoms with Gasteiger partial charge in [0.25, 0.3) is 5.91 Å². The second-order valence-electron chi connectivity index (χ2n) is 6.14. The number of rotatable bonds is 6. The molecule has 0 radical (unpaired) electrons. The first-order valence-corrected chi connectivity index (χ1v) is 9.17. The van der Waals surface area contributed by atoms with Gasteiger partial charge in [0.2, 0.25) is 5.91 Å². The van der Waals surface area contributed by atoms with E-state index >= 15 is 0 Å². The number of nitrogens with one attached hydrogen (secondary N) is 1. The molecule has 0 aromatic heterocycles. The lowest BCUT2D eigenvalue weighted by molar-refractivity contribution is -0.129. The number of nitrogens with zero attached hydrogens (tertiary/aromatic N) is 2. The van der Waals surface area contributed by atoms with E-state index in [0.29, 0.717) is 5.69 Å². The summed E-state index contributed by atoms with van der Waals surface area (Å²) in [6.07, 6.45) is 0.0521. The van der Waals surface area contributed by atoms with Gasteiger partial charge < -0.3 is 4.90 Å². The Morgan fingerprint density at radius 3 is 2.37 bits per heavy atom. The van der Waals surface area contributed by atoms with Gasteiger partial charge in [-0.1, -0.05) is 46.3 Å². The zero-order chi connectivity index (χ0) is 19.4. The van der Waals surface area contributed by atoms with Crippen LogP contribution in [0.2, 0.25) is 0 Å². The number of carbonyl (C=O) groups is 3. The lowest BCUT2D eigenvalue weighted by atomic mass is 10.1. The van der Waals surface area contributed by atoms with E-state index in [2.05, 4.69) is 15.9 Å². The van der Waals surface area contributed by atoms with Crippen LogP contribution in [0.1, 0.15) is 18.4 Å². The van der Waals surface area contributed by atoms with Crippen molar-refractivity contribution in [1.29, 1.82) is 0 Å². The fraction of sp³-hybridized carbons (Fsp3) is 0.211. The number of carbonyl (C=O) groups excluding carboxylic acids is 3. The number of hydrogen-bond donors (Lipinski definition) is 2. The van der Waals surface area contributed by atoms with Crippen LogP contribution in [0.15, 0.2) is 59.1 Å². The summed E-state index contributed by atoms with van der Waals surface area (Å²) in [4.78, 5) is 39.9. The maximum atomic E-state index is 13.0. The molecule has 2 N–H and O–H groups in total. The summed E-state index contributed by atoms with van der Waals surface area (Å²) in [7, 11) is 0. The quantitative estimate of drug-likeness (QED) is 0.417. The van der Waals surface area contributed by atoms with Crippen LogP contribution in [0, 0.1) is 0 Å². The average molecular weight is 432 g/mol. The minimum atomic E-state index is -0.779. The molecule has 1 aliphatic rings. The van der Waals surface area contributed by atoms with E-state index in [9.17, 15) is 14.4 Å². The Hall–Kier alpha value is -2.71. The van der Waals surface area contributed by atoms with Gasteiger partial charge in [0.1, 0.15) is 6.04 Å². The van der Waals surface area contributed by atoms with Gasteiger partial charge in [-0.05, 0) is 36.2 Å². The Morgan fingerprint density at radius 2 is 1.74 bits per heavy atom. The second kappa shape index (κ2) is 8.32. The number of urea groups is 1. The number of hydrogen-bond acceptors (Lipinski definition) is 4. The summed E-state index contributed by atoms with van der Waals surface area (Å²) < 4.78 is 0.914. The number of benzene rings is 2. The molecule has 27 heavy (non-hydrogen) atoms. The zero-order valence-corrected chi connectivity index (χ0v) is 15.9. The first-order chi connectivity index (χ1) is 13.0. The molecule has 1 aliphatic heterocycles. The summed E-state index contributed by atoms with van der Waals surface area (Å²) in [5.74, 6) is -0.981. The summed E-state index contributed by atoms with van der Waals surface area (Å²) in [6.45, 7) is 0.243. The molecule has 0 spiro atoms. The van der Waals surface area contributed by atoms with Gasteiger partial charge in [0.05, 0.1) is 5.69 Å². The lowest BCUT2D eigenvalue weighted by Gasteiger charge is -2.21. The minimum absolute atomic E-state index is 0.0698. The fourth-order valence-electron chi connectivity index (χ4n) is 3.02. The van der Waals surface area contributed by atoms with Crippen LogP contribution in [0.3, 0.4) is 0 Å².